The smallest absolute Gasteiger partial charge is 0.271 e. The molecule has 9 nitrogen and oxygen atoms in total. The molecule has 1 atom stereocenters. The Balaban J connectivity index is 1.46. The van der Waals surface area contributed by atoms with Crippen LogP contribution >= 0.6 is 0 Å². The largest absolute Gasteiger partial charge is 0.493 e. The summed E-state index contributed by atoms with van der Waals surface area (Å²) in [7, 11) is 1.61. The number of Topliss-reactive ketones (excluding diaryl/α,β-unsaturated/α-hetero) is 1. The van der Waals surface area contributed by atoms with E-state index < -0.39 is 10.8 Å². The number of nitro groups is 1. The zero-order valence-corrected chi connectivity index (χ0v) is 26.4. The van der Waals surface area contributed by atoms with Gasteiger partial charge in [0.25, 0.3) is 5.69 Å². The summed E-state index contributed by atoms with van der Waals surface area (Å²) in [6, 6.07) is 31.9. The molecule has 4 aromatic carbocycles. The molecule has 0 saturated heterocycles. The average molecular weight is 627 g/mol. The maximum Gasteiger partial charge on any atom is 0.271 e. The van der Waals surface area contributed by atoms with Crippen LogP contribution in [0.5, 0.6) is 11.5 Å². The van der Waals surface area contributed by atoms with Crippen molar-refractivity contribution < 1.29 is 19.2 Å². The molecule has 0 radical (unpaired) electrons. The molecule has 1 aliphatic heterocycles. The van der Waals surface area contributed by atoms with Crippen LogP contribution in [0.25, 0.3) is 16.9 Å². The summed E-state index contributed by atoms with van der Waals surface area (Å²) in [6.45, 7) is 4.53. The third kappa shape index (κ3) is 5.65. The number of aromatic nitrogens is 2. The molecule has 0 amide bonds. The van der Waals surface area contributed by atoms with Crippen molar-refractivity contribution in [3.05, 3.63) is 141 Å². The number of carbonyl (C=O) groups excluding carboxylic acids is 1. The highest BCUT2D eigenvalue weighted by atomic mass is 16.6. The van der Waals surface area contributed by atoms with Gasteiger partial charge >= 0.3 is 0 Å². The van der Waals surface area contributed by atoms with Crippen molar-refractivity contribution >= 4 is 17.3 Å². The third-order valence-corrected chi connectivity index (χ3v) is 8.78. The maximum atomic E-state index is 14.1. The fraction of sp³-hybridized carbons (Fsp3) is 0.211. The zero-order chi connectivity index (χ0) is 32.7. The molecule has 2 heterocycles. The fourth-order valence-corrected chi connectivity index (χ4v) is 6.68. The number of ketones is 1. The first-order chi connectivity index (χ1) is 22.7. The van der Waals surface area contributed by atoms with Crippen LogP contribution in [0.15, 0.2) is 114 Å². The molecule has 7 rings (SSSR count). The molecular formula is C38H34N4O5. The van der Waals surface area contributed by atoms with Crippen LogP contribution in [-0.2, 0) is 11.4 Å². The minimum absolute atomic E-state index is 0.0374. The van der Waals surface area contributed by atoms with Gasteiger partial charge in [0.2, 0.25) is 0 Å². The number of hydrogen-bond donors (Lipinski definition) is 1. The number of nitrogens with one attached hydrogen (secondary N) is 1. The normalized spacial score (nSPS) is 16.6. The van der Waals surface area contributed by atoms with E-state index in [0.29, 0.717) is 53.7 Å². The summed E-state index contributed by atoms with van der Waals surface area (Å²) in [6.07, 6.45) is 1.06. The third-order valence-electron chi connectivity index (χ3n) is 8.78. The van der Waals surface area contributed by atoms with Crippen LogP contribution in [0.1, 0.15) is 49.3 Å². The van der Waals surface area contributed by atoms with E-state index in [-0.39, 0.29) is 16.9 Å². The minimum atomic E-state index is -0.488. The predicted molar refractivity (Wildman–Crippen MR) is 180 cm³/mol. The Kier molecular flexibility index (Phi) is 7.60. The first-order valence-electron chi connectivity index (χ1n) is 15.5. The highest BCUT2D eigenvalue weighted by molar-refractivity contribution is 6.02. The minimum Gasteiger partial charge on any atom is -0.493 e. The number of non-ortho nitro benzene ring substituents is 1. The van der Waals surface area contributed by atoms with Gasteiger partial charge in [-0.1, -0.05) is 86.6 Å². The molecule has 236 valence electrons. The monoisotopic (exact) mass is 626 g/mol. The highest BCUT2D eigenvalue weighted by Gasteiger charge is 2.44. The summed E-state index contributed by atoms with van der Waals surface area (Å²) in [5.41, 5.74) is 6.00. The number of ether oxygens (including phenoxy) is 2. The van der Waals surface area contributed by atoms with Crippen molar-refractivity contribution in [3.8, 4) is 28.4 Å². The quantitative estimate of drug-likeness (QED) is 0.136. The van der Waals surface area contributed by atoms with Crippen molar-refractivity contribution in [2.24, 2.45) is 5.41 Å². The number of nitro benzene ring substituents is 1. The van der Waals surface area contributed by atoms with Crippen LogP contribution in [0, 0.1) is 15.5 Å². The first-order valence-corrected chi connectivity index (χ1v) is 15.5. The molecular weight excluding hydrogens is 592 g/mol. The zero-order valence-electron chi connectivity index (χ0n) is 26.4. The van der Waals surface area contributed by atoms with Gasteiger partial charge in [-0.15, -0.1) is 0 Å². The van der Waals surface area contributed by atoms with E-state index in [1.165, 1.54) is 12.1 Å². The van der Waals surface area contributed by atoms with E-state index in [2.05, 4.69) is 19.2 Å². The van der Waals surface area contributed by atoms with E-state index >= 15 is 0 Å². The van der Waals surface area contributed by atoms with E-state index in [4.69, 9.17) is 14.6 Å². The molecule has 0 saturated carbocycles. The second kappa shape index (κ2) is 11.9. The van der Waals surface area contributed by atoms with Crippen LogP contribution in [0.4, 0.5) is 11.5 Å². The Morgan fingerprint density at radius 1 is 0.936 bits per heavy atom. The Morgan fingerprint density at radius 2 is 1.68 bits per heavy atom. The lowest BCUT2D eigenvalue weighted by Gasteiger charge is -2.39. The highest BCUT2D eigenvalue weighted by Crippen LogP contribution is 2.53. The second-order valence-electron chi connectivity index (χ2n) is 12.7. The number of hydrogen-bond acceptors (Lipinski definition) is 7. The van der Waals surface area contributed by atoms with Crippen molar-refractivity contribution in [3.63, 3.8) is 0 Å². The first kappa shape index (κ1) is 30.0. The number of benzene rings is 4. The molecule has 1 aromatic heterocycles. The van der Waals surface area contributed by atoms with Crippen LogP contribution < -0.4 is 14.8 Å². The molecule has 0 bridgehead atoms. The number of anilines is 1. The molecule has 1 aliphatic carbocycles. The van der Waals surface area contributed by atoms with Gasteiger partial charge in [0.1, 0.15) is 12.4 Å². The van der Waals surface area contributed by atoms with Gasteiger partial charge in [0.05, 0.1) is 23.4 Å². The van der Waals surface area contributed by atoms with Crippen molar-refractivity contribution in [1.29, 1.82) is 0 Å². The summed E-state index contributed by atoms with van der Waals surface area (Å²) in [5.74, 6) is 1.40. The number of methoxy groups -OCH3 is 1. The van der Waals surface area contributed by atoms with Gasteiger partial charge in [-0.25, -0.2) is 4.68 Å². The van der Waals surface area contributed by atoms with Gasteiger partial charge in [-0.05, 0) is 41.2 Å². The summed E-state index contributed by atoms with van der Waals surface area (Å²) < 4.78 is 13.8. The van der Waals surface area contributed by atoms with E-state index in [1.54, 1.807) is 23.9 Å². The maximum absolute atomic E-state index is 14.1. The van der Waals surface area contributed by atoms with Gasteiger partial charge in [-0.2, -0.15) is 5.10 Å². The van der Waals surface area contributed by atoms with Crippen LogP contribution in [0.3, 0.4) is 0 Å². The Morgan fingerprint density at radius 3 is 2.40 bits per heavy atom. The van der Waals surface area contributed by atoms with Gasteiger partial charge in [0, 0.05) is 46.9 Å². The topological polar surface area (TPSA) is 109 Å². The van der Waals surface area contributed by atoms with Crippen molar-refractivity contribution in [1.82, 2.24) is 9.78 Å². The molecule has 9 heteroatoms. The van der Waals surface area contributed by atoms with Gasteiger partial charge in [-0.3, -0.25) is 14.9 Å². The lowest BCUT2D eigenvalue weighted by atomic mass is 9.69. The molecule has 1 N–H and O–H groups in total. The second-order valence-corrected chi connectivity index (χ2v) is 12.7. The molecule has 47 heavy (non-hydrogen) atoms. The van der Waals surface area contributed by atoms with E-state index in [9.17, 15) is 14.9 Å². The lowest BCUT2D eigenvalue weighted by molar-refractivity contribution is -0.384. The number of rotatable bonds is 8. The molecule has 2 aliphatic rings. The Bertz CT molecular complexity index is 2030. The Hall–Kier alpha value is -5.70. The van der Waals surface area contributed by atoms with Crippen molar-refractivity contribution in [2.45, 2.75) is 39.2 Å². The van der Waals surface area contributed by atoms with E-state index in [1.807, 2.05) is 78.9 Å². The number of nitrogens with zero attached hydrogens (tertiary/aromatic N) is 3. The molecule has 0 spiro atoms. The van der Waals surface area contributed by atoms with Crippen molar-refractivity contribution in [2.75, 3.05) is 12.4 Å². The van der Waals surface area contributed by atoms with Crippen LogP contribution in [0.2, 0.25) is 0 Å². The fourth-order valence-electron chi connectivity index (χ4n) is 6.68. The molecule has 1 unspecified atom stereocenters. The molecule has 5 aromatic rings. The summed E-state index contributed by atoms with van der Waals surface area (Å²) in [4.78, 5) is 25.5. The Labute approximate surface area is 272 Å². The lowest BCUT2D eigenvalue weighted by Crippen LogP contribution is -2.34. The summed E-state index contributed by atoms with van der Waals surface area (Å²) in [5, 5.41) is 20.5. The number of carbonyl (C=O) groups is 1. The molecule has 0 fully saturated rings. The van der Waals surface area contributed by atoms with Gasteiger partial charge in [0.15, 0.2) is 17.3 Å². The average Bonchev–Trinajstić information content (AvgIpc) is 3.45. The predicted octanol–water partition coefficient (Wildman–Crippen LogP) is 8.24. The van der Waals surface area contributed by atoms with E-state index in [0.717, 1.165) is 28.0 Å². The summed E-state index contributed by atoms with van der Waals surface area (Å²) >= 11 is 0. The SMILES string of the molecule is COc1ccc(C2C3=C(CC(C)(C)CC3=O)Nc3c2c(-c2ccccc2)nn3-c2cccc([N+](=O)[O-])c2)cc1OCc1ccccc1. The van der Waals surface area contributed by atoms with Crippen LogP contribution in [-0.4, -0.2) is 27.6 Å². The van der Waals surface area contributed by atoms with Gasteiger partial charge < -0.3 is 14.8 Å². The number of fused-ring (bicyclic) bond motifs is 1. The number of allylic oxidation sites excluding steroid dienone is 2. The standard InChI is InChI=1S/C38H34N4O5/c1-38(2)21-29-34(30(43)22-38)33(26-17-18-31(46-3)32(19-26)47-23-24-11-6-4-7-12-24)35-36(25-13-8-5-9-14-25)40-41(37(35)39-29)27-15-10-16-28(20-27)42(44)45/h4-20,33,39H,21-23H2,1-3H3.